The number of benzene rings is 1. The van der Waals surface area contributed by atoms with Crippen LogP contribution in [-0.4, -0.2) is 44.8 Å². The summed E-state index contributed by atoms with van der Waals surface area (Å²) >= 11 is 0. The van der Waals surface area contributed by atoms with Crippen LogP contribution in [0.4, 0.5) is 5.69 Å². The molecular formula is C18H28N2O. The van der Waals surface area contributed by atoms with Crippen molar-refractivity contribution in [2.45, 2.75) is 39.2 Å². The normalized spacial score (nSPS) is 20.5. The highest BCUT2D eigenvalue weighted by Crippen LogP contribution is 2.35. The zero-order valence-corrected chi connectivity index (χ0v) is 13.9. The van der Waals surface area contributed by atoms with Crippen molar-refractivity contribution in [3.8, 4) is 0 Å². The first-order chi connectivity index (χ1) is 9.95. The van der Waals surface area contributed by atoms with Gasteiger partial charge in [-0.25, -0.2) is 0 Å². The van der Waals surface area contributed by atoms with Crippen LogP contribution in [0.1, 0.15) is 37.5 Å². The van der Waals surface area contributed by atoms with Gasteiger partial charge in [0.15, 0.2) is 0 Å². The number of hydrogen-bond acceptors (Lipinski definition) is 3. The van der Waals surface area contributed by atoms with E-state index in [1.165, 1.54) is 29.8 Å². The molecule has 2 aliphatic heterocycles. The molecule has 1 saturated heterocycles. The molecule has 3 rings (SSSR count). The molecule has 0 N–H and O–H groups in total. The molecule has 1 fully saturated rings. The summed E-state index contributed by atoms with van der Waals surface area (Å²) < 4.78 is 5.53. The number of ether oxygens (including phenoxy) is 1. The average molecular weight is 288 g/mol. The van der Waals surface area contributed by atoms with Crippen LogP contribution in [0.3, 0.4) is 0 Å². The van der Waals surface area contributed by atoms with E-state index in [1.807, 2.05) is 0 Å². The summed E-state index contributed by atoms with van der Waals surface area (Å²) in [4.78, 5) is 4.96. The highest BCUT2D eigenvalue weighted by molar-refractivity contribution is 5.61. The smallest absolute Gasteiger partial charge is 0.0642 e. The minimum Gasteiger partial charge on any atom is -0.378 e. The van der Waals surface area contributed by atoms with E-state index in [0.717, 1.165) is 32.8 Å². The fourth-order valence-corrected chi connectivity index (χ4v) is 3.34. The SMILES string of the molecule is CN1CCc2c(cc(C(C)(C)C)cc2N2CCOCC2)C1. The van der Waals surface area contributed by atoms with Crippen LogP contribution in [0.2, 0.25) is 0 Å². The second-order valence-electron chi connectivity index (χ2n) is 7.47. The van der Waals surface area contributed by atoms with Crippen LogP contribution in [0.5, 0.6) is 0 Å². The van der Waals surface area contributed by atoms with Gasteiger partial charge in [-0.05, 0) is 41.6 Å². The maximum absolute atomic E-state index is 5.53. The van der Waals surface area contributed by atoms with Gasteiger partial charge in [0.05, 0.1) is 13.2 Å². The van der Waals surface area contributed by atoms with Crippen molar-refractivity contribution in [2.75, 3.05) is 44.8 Å². The molecule has 0 spiro atoms. The number of hydrogen-bond donors (Lipinski definition) is 0. The summed E-state index contributed by atoms with van der Waals surface area (Å²) in [7, 11) is 2.22. The molecule has 2 heterocycles. The minimum absolute atomic E-state index is 0.200. The lowest BCUT2D eigenvalue weighted by Gasteiger charge is -2.36. The first-order valence-corrected chi connectivity index (χ1v) is 8.12. The van der Waals surface area contributed by atoms with E-state index in [9.17, 15) is 0 Å². The molecule has 0 aliphatic carbocycles. The molecule has 0 unspecified atom stereocenters. The second kappa shape index (κ2) is 5.62. The van der Waals surface area contributed by atoms with E-state index >= 15 is 0 Å². The third kappa shape index (κ3) is 3.09. The predicted molar refractivity (Wildman–Crippen MR) is 88.2 cm³/mol. The monoisotopic (exact) mass is 288 g/mol. The van der Waals surface area contributed by atoms with Crippen molar-refractivity contribution in [3.63, 3.8) is 0 Å². The zero-order valence-electron chi connectivity index (χ0n) is 13.9. The third-order valence-corrected chi connectivity index (χ3v) is 4.72. The fraction of sp³-hybridized carbons (Fsp3) is 0.667. The van der Waals surface area contributed by atoms with Gasteiger partial charge in [-0.3, -0.25) is 0 Å². The molecule has 116 valence electrons. The van der Waals surface area contributed by atoms with Gasteiger partial charge in [0.2, 0.25) is 0 Å². The third-order valence-electron chi connectivity index (χ3n) is 4.72. The molecule has 0 radical (unpaired) electrons. The number of likely N-dealkylation sites (N-methyl/N-ethyl adjacent to an activating group) is 1. The maximum Gasteiger partial charge on any atom is 0.0642 e. The first-order valence-electron chi connectivity index (χ1n) is 8.12. The van der Waals surface area contributed by atoms with Crippen LogP contribution in [0.15, 0.2) is 12.1 Å². The Morgan fingerprint density at radius 3 is 2.43 bits per heavy atom. The second-order valence-corrected chi connectivity index (χ2v) is 7.47. The van der Waals surface area contributed by atoms with E-state index in [2.05, 4.69) is 49.8 Å². The lowest BCUT2D eigenvalue weighted by Crippen LogP contribution is -2.38. The van der Waals surface area contributed by atoms with Crippen molar-refractivity contribution < 1.29 is 4.74 Å². The zero-order chi connectivity index (χ0) is 15.0. The summed E-state index contributed by atoms with van der Waals surface area (Å²) in [5.41, 5.74) is 6.22. The quantitative estimate of drug-likeness (QED) is 0.790. The Balaban J connectivity index is 2.05. The molecule has 1 aromatic rings. The van der Waals surface area contributed by atoms with E-state index in [0.29, 0.717) is 0 Å². The number of anilines is 1. The van der Waals surface area contributed by atoms with E-state index < -0.39 is 0 Å². The molecule has 0 saturated carbocycles. The molecule has 0 aromatic heterocycles. The predicted octanol–water partition coefficient (Wildman–Crippen LogP) is 2.81. The summed E-state index contributed by atoms with van der Waals surface area (Å²) in [6.07, 6.45) is 1.17. The van der Waals surface area contributed by atoms with E-state index in [-0.39, 0.29) is 5.41 Å². The topological polar surface area (TPSA) is 15.7 Å². The molecule has 3 heteroatoms. The number of fused-ring (bicyclic) bond motifs is 1. The van der Waals surface area contributed by atoms with Crippen molar-refractivity contribution >= 4 is 5.69 Å². The molecule has 0 bridgehead atoms. The van der Waals surface area contributed by atoms with E-state index in [1.54, 1.807) is 5.56 Å². The molecule has 3 nitrogen and oxygen atoms in total. The Bertz CT molecular complexity index is 513. The van der Waals surface area contributed by atoms with Gasteiger partial charge < -0.3 is 14.5 Å². The summed E-state index contributed by atoms with van der Waals surface area (Å²) in [6, 6.07) is 4.88. The van der Waals surface area contributed by atoms with Gasteiger partial charge >= 0.3 is 0 Å². The lowest BCUT2D eigenvalue weighted by atomic mass is 9.83. The Kier molecular flexibility index (Phi) is 3.98. The first kappa shape index (κ1) is 14.9. The Hall–Kier alpha value is -1.06. The minimum atomic E-state index is 0.200. The van der Waals surface area contributed by atoms with Crippen molar-refractivity contribution in [3.05, 3.63) is 28.8 Å². The average Bonchev–Trinajstić information content (AvgIpc) is 2.45. The van der Waals surface area contributed by atoms with Gasteiger partial charge in [0, 0.05) is 31.9 Å². The number of nitrogens with zero attached hydrogens (tertiary/aromatic N) is 2. The van der Waals surface area contributed by atoms with E-state index in [4.69, 9.17) is 4.74 Å². The molecule has 0 atom stereocenters. The van der Waals surface area contributed by atoms with Gasteiger partial charge in [0.1, 0.15) is 0 Å². The summed E-state index contributed by atoms with van der Waals surface area (Å²) in [6.45, 7) is 12.9. The summed E-state index contributed by atoms with van der Waals surface area (Å²) in [5.74, 6) is 0. The fourth-order valence-electron chi connectivity index (χ4n) is 3.34. The van der Waals surface area contributed by atoms with Crippen molar-refractivity contribution in [1.29, 1.82) is 0 Å². The van der Waals surface area contributed by atoms with Crippen LogP contribution in [0, 0.1) is 0 Å². The van der Waals surface area contributed by atoms with Crippen LogP contribution in [0.25, 0.3) is 0 Å². The van der Waals surface area contributed by atoms with Crippen molar-refractivity contribution in [1.82, 2.24) is 4.90 Å². The van der Waals surface area contributed by atoms with Crippen LogP contribution >= 0.6 is 0 Å². The number of morpholine rings is 1. The summed E-state index contributed by atoms with van der Waals surface area (Å²) in [5, 5.41) is 0. The van der Waals surface area contributed by atoms with Crippen LogP contribution in [-0.2, 0) is 23.1 Å². The largest absolute Gasteiger partial charge is 0.378 e. The molecule has 0 amide bonds. The Morgan fingerprint density at radius 1 is 1.05 bits per heavy atom. The number of rotatable bonds is 1. The van der Waals surface area contributed by atoms with Gasteiger partial charge in [0.25, 0.3) is 0 Å². The van der Waals surface area contributed by atoms with Gasteiger partial charge in [-0.1, -0.05) is 26.8 Å². The highest BCUT2D eigenvalue weighted by Gasteiger charge is 2.25. The lowest BCUT2D eigenvalue weighted by molar-refractivity contribution is 0.122. The molecule has 1 aromatic carbocycles. The van der Waals surface area contributed by atoms with Crippen molar-refractivity contribution in [2.24, 2.45) is 0 Å². The molecular weight excluding hydrogens is 260 g/mol. The highest BCUT2D eigenvalue weighted by atomic mass is 16.5. The standard InChI is InChI=1S/C18H28N2O/c1-18(2,3)15-11-14-13-19(4)6-5-16(14)17(12-15)20-7-9-21-10-8-20/h11-12H,5-10,13H2,1-4H3. The van der Waals surface area contributed by atoms with Gasteiger partial charge in [-0.15, -0.1) is 0 Å². The van der Waals surface area contributed by atoms with Crippen LogP contribution < -0.4 is 4.90 Å². The van der Waals surface area contributed by atoms with Gasteiger partial charge in [-0.2, -0.15) is 0 Å². The molecule has 2 aliphatic rings. The Morgan fingerprint density at radius 2 is 1.76 bits per heavy atom. The maximum atomic E-state index is 5.53. The molecule has 21 heavy (non-hydrogen) atoms. The Labute approximate surface area is 128 Å².